The minimum atomic E-state index is -3.78. The van der Waals surface area contributed by atoms with E-state index in [-0.39, 0.29) is 17.3 Å². The molecule has 1 heterocycles. The summed E-state index contributed by atoms with van der Waals surface area (Å²) in [6, 6.07) is 12.1. The number of anilines is 1. The van der Waals surface area contributed by atoms with Gasteiger partial charge in [-0.3, -0.25) is 4.79 Å². The van der Waals surface area contributed by atoms with Crippen LogP contribution in [0.3, 0.4) is 0 Å². The first kappa shape index (κ1) is 17.0. The molecule has 0 bridgehead atoms. The summed E-state index contributed by atoms with van der Waals surface area (Å²) in [6.45, 7) is 2.07. The maximum Gasteiger partial charge on any atom is 0.242 e. The standard InChI is InChI=1S/C17H17ClN2O3S/c1-12-6-7-14(10-15(12)18)24(22,23)19-11-17(21)20-9-8-13-4-2-3-5-16(13)20/h2-7,10,19H,8-9,11H2,1H3. The normalized spacial score (nSPS) is 13.8. The fourth-order valence-electron chi connectivity index (χ4n) is 2.67. The molecule has 0 spiro atoms. The number of rotatable bonds is 4. The zero-order valence-corrected chi connectivity index (χ0v) is 14.7. The van der Waals surface area contributed by atoms with E-state index in [0.717, 1.165) is 23.2 Å². The number of fused-ring (bicyclic) bond motifs is 1. The van der Waals surface area contributed by atoms with Gasteiger partial charge in [-0.05, 0) is 42.7 Å². The molecule has 5 nitrogen and oxygen atoms in total. The molecule has 2 aromatic carbocycles. The molecule has 1 amide bonds. The van der Waals surface area contributed by atoms with E-state index in [9.17, 15) is 13.2 Å². The summed E-state index contributed by atoms with van der Waals surface area (Å²) >= 11 is 5.98. The number of amides is 1. The summed E-state index contributed by atoms with van der Waals surface area (Å²) in [4.78, 5) is 14.0. The number of nitrogens with one attached hydrogen (secondary N) is 1. The van der Waals surface area contributed by atoms with E-state index in [2.05, 4.69) is 4.72 Å². The number of benzene rings is 2. The number of halogens is 1. The van der Waals surface area contributed by atoms with Crippen LogP contribution >= 0.6 is 11.6 Å². The Bertz CT molecular complexity index is 896. The number of nitrogens with zero attached hydrogens (tertiary/aromatic N) is 1. The van der Waals surface area contributed by atoms with E-state index in [1.165, 1.54) is 12.1 Å². The van der Waals surface area contributed by atoms with Gasteiger partial charge in [-0.1, -0.05) is 35.9 Å². The van der Waals surface area contributed by atoms with Crippen molar-refractivity contribution < 1.29 is 13.2 Å². The topological polar surface area (TPSA) is 66.5 Å². The van der Waals surface area contributed by atoms with Gasteiger partial charge in [0.15, 0.2) is 0 Å². The average Bonchev–Trinajstić information content (AvgIpc) is 2.99. The lowest BCUT2D eigenvalue weighted by molar-refractivity contribution is -0.117. The lowest BCUT2D eigenvalue weighted by atomic mass is 10.2. The molecule has 0 radical (unpaired) electrons. The number of carbonyl (C=O) groups excluding carboxylic acids is 1. The lowest BCUT2D eigenvalue weighted by Gasteiger charge is -2.17. The molecule has 0 atom stereocenters. The first-order valence-electron chi connectivity index (χ1n) is 7.52. The minimum absolute atomic E-state index is 0.0488. The third-order valence-electron chi connectivity index (χ3n) is 4.06. The Morgan fingerprint density at radius 1 is 1.25 bits per heavy atom. The van der Waals surface area contributed by atoms with Crippen LogP contribution in [-0.4, -0.2) is 27.4 Å². The molecule has 24 heavy (non-hydrogen) atoms. The second-order valence-corrected chi connectivity index (χ2v) is 7.83. The molecule has 0 aliphatic carbocycles. The second-order valence-electron chi connectivity index (χ2n) is 5.66. The molecule has 1 N–H and O–H groups in total. The minimum Gasteiger partial charge on any atom is -0.311 e. The number of hydrogen-bond donors (Lipinski definition) is 1. The Kier molecular flexibility index (Phi) is 4.62. The van der Waals surface area contributed by atoms with Crippen LogP contribution in [0.4, 0.5) is 5.69 Å². The Balaban J connectivity index is 1.71. The van der Waals surface area contributed by atoms with E-state index in [4.69, 9.17) is 11.6 Å². The lowest BCUT2D eigenvalue weighted by Crippen LogP contribution is -2.39. The summed E-state index contributed by atoms with van der Waals surface area (Å²) in [5, 5.41) is 0.373. The first-order valence-corrected chi connectivity index (χ1v) is 9.39. The van der Waals surface area contributed by atoms with Gasteiger partial charge in [-0.25, -0.2) is 13.1 Å². The van der Waals surface area contributed by atoms with Gasteiger partial charge in [-0.15, -0.1) is 0 Å². The maximum atomic E-state index is 12.4. The summed E-state index contributed by atoms with van der Waals surface area (Å²) < 4.78 is 27.0. The highest BCUT2D eigenvalue weighted by Crippen LogP contribution is 2.27. The Hall–Kier alpha value is -1.89. The molecular formula is C17H17ClN2O3S. The largest absolute Gasteiger partial charge is 0.311 e. The number of sulfonamides is 1. The fraction of sp³-hybridized carbons (Fsp3) is 0.235. The molecular weight excluding hydrogens is 348 g/mol. The van der Waals surface area contributed by atoms with E-state index >= 15 is 0 Å². The molecule has 0 unspecified atom stereocenters. The summed E-state index contributed by atoms with van der Waals surface area (Å²) in [5.74, 6) is -0.276. The van der Waals surface area contributed by atoms with Crippen LogP contribution in [0.1, 0.15) is 11.1 Å². The molecule has 0 saturated heterocycles. The second kappa shape index (κ2) is 6.55. The zero-order chi connectivity index (χ0) is 17.3. The quantitative estimate of drug-likeness (QED) is 0.906. The zero-order valence-electron chi connectivity index (χ0n) is 13.1. The molecule has 1 aliphatic heterocycles. The van der Waals surface area contributed by atoms with E-state index < -0.39 is 10.0 Å². The highest BCUT2D eigenvalue weighted by molar-refractivity contribution is 7.89. The van der Waals surface area contributed by atoms with Crippen LogP contribution in [0.15, 0.2) is 47.4 Å². The van der Waals surface area contributed by atoms with Gasteiger partial charge >= 0.3 is 0 Å². The third-order valence-corrected chi connectivity index (χ3v) is 5.86. The van der Waals surface area contributed by atoms with Crippen molar-refractivity contribution in [1.82, 2.24) is 4.72 Å². The van der Waals surface area contributed by atoms with Gasteiger partial charge in [0, 0.05) is 17.3 Å². The molecule has 0 fully saturated rings. The van der Waals surface area contributed by atoms with Gasteiger partial charge in [0.1, 0.15) is 0 Å². The molecule has 126 valence electrons. The van der Waals surface area contributed by atoms with Crippen molar-refractivity contribution in [2.75, 3.05) is 18.0 Å². The van der Waals surface area contributed by atoms with Gasteiger partial charge in [0.05, 0.1) is 11.4 Å². The highest BCUT2D eigenvalue weighted by Gasteiger charge is 2.25. The number of aryl methyl sites for hydroxylation is 1. The average molecular weight is 365 g/mol. The fourth-order valence-corrected chi connectivity index (χ4v) is 3.92. The predicted molar refractivity (Wildman–Crippen MR) is 93.9 cm³/mol. The van der Waals surface area contributed by atoms with Crippen molar-refractivity contribution in [2.24, 2.45) is 0 Å². The number of para-hydroxylation sites is 1. The van der Waals surface area contributed by atoms with E-state index in [1.807, 2.05) is 24.3 Å². The molecule has 1 aliphatic rings. The third kappa shape index (κ3) is 3.31. The summed E-state index contributed by atoms with van der Waals surface area (Å²) in [7, 11) is -3.78. The van der Waals surface area contributed by atoms with Crippen molar-refractivity contribution >= 4 is 33.2 Å². The Morgan fingerprint density at radius 2 is 2.00 bits per heavy atom. The first-order chi connectivity index (χ1) is 11.4. The van der Waals surface area contributed by atoms with Crippen LogP contribution in [0.5, 0.6) is 0 Å². The van der Waals surface area contributed by atoms with Crippen LogP contribution in [-0.2, 0) is 21.2 Å². The number of carbonyl (C=O) groups is 1. The monoisotopic (exact) mass is 364 g/mol. The van der Waals surface area contributed by atoms with Gasteiger partial charge in [-0.2, -0.15) is 0 Å². The van der Waals surface area contributed by atoms with Crippen LogP contribution < -0.4 is 9.62 Å². The van der Waals surface area contributed by atoms with Crippen molar-refractivity contribution in [3.05, 3.63) is 58.6 Å². The van der Waals surface area contributed by atoms with Crippen molar-refractivity contribution in [1.29, 1.82) is 0 Å². The molecule has 2 aromatic rings. The van der Waals surface area contributed by atoms with E-state index in [1.54, 1.807) is 17.9 Å². The Morgan fingerprint density at radius 3 is 2.75 bits per heavy atom. The van der Waals surface area contributed by atoms with Crippen LogP contribution in [0.25, 0.3) is 0 Å². The van der Waals surface area contributed by atoms with Gasteiger partial charge in [0.25, 0.3) is 0 Å². The SMILES string of the molecule is Cc1ccc(S(=O)(=O)NCC(=O)N2CCc3ccccc32)cc1Cl. The highest BCUT2D eigenvalue weighted by atomic mass is 35.5. The van der Waals surface area contributed by atoms with Crippen molar-refractivity contribution in [3.63, 3.8) is 0 Å². The summed E-state index contributed by atoms with van der Waals surface area (Å²) in [6.07, 6.45) is 0.780. The van der Waals surface area contributed by atoms with Crippen LogP contribution in [0.2, 0.25) is 5.02 Å². The van der Waals surface area contributed by atoms with Gasteiger partial charge < -0.3 is 4.90 Å². The smallest absolute Gasteiger partial charge is 0.242 e. The maximum absolute atomic E-state index is 12.4. The predicted octanol–water partition coefficient (Wildman–Crippen LogP) is 2.52. The number of hydrogen-bond acceptors (Lipinski definition) is 3. The molecule has 3 rings (SSSR count). The summed E-state index contributed by atoms with van der Waals surface area (Å²) in [5.41, 5.74) is 2.74. The van der Waals surface area contributed by atoms with E-state index in [0.29, 0.717) is 11.6 Å². The Labute approximate surface area is 146 Å². The molecule has 0 saturated carbocycles. The van der Waals surface area contributed by atoms with Crippen molar-refractivity contribution in [2.45, 2.75) is 18.2 Å². The molecule has 0 aromatic heterocycles. The molecule has 7 heteroatoms. The van der Waals surface area contributed by atoms with Gasteiger partial charge in [0.2, 0.25) is 15.9 Å². The van der Waals surface area contributed by atoms with Crippen molar-refractivity contribution in [3.8, 4) is 0 Å². The van der Waals surface area contributed by atoms with Crippen LogP contribution in [0, 0.1) is 6.92 Å².